The van der Waals surface area contributed by atoms with Crippen LogP contribution in [0.4, 0.5) is 0 Å². The van der Waals surface area contributed by atoms with Gasteiger partial charge in [0.2, 0.25) is 10.0 Å². The monoisotopic (exact) mass is 346 g/mol. The zero-order valence-corrected chi connectivity index (χ0v) is 13.7. The predicted octanol–water partition coefficient (Wildman–Crippen LogP) is 2.01. The Morgan fingerprint density at radius 1 is 1.04 bits per heavy atom. The van der Waals surface area contributed by atoms with E-state index in [1.807, 2.05) is 30.3 Å². The number of nitrogens with zero attached hydrogens (tertiary/aromatic N) is 1. The molecule has 0 aromatic heterocycles. The molecule has 0 spiro atoms. The van der Waals surface area contributed by atoms with Gasteiger partial charge in [-0.05, 0) is 36.1 Å². The fourth-order valence-corrected chi connectivity index (χ4v) is 4.61. The van der Waals surface area contributed by atoms with Crippen molar-refractivity contribution in [2.45, 2.75) is 23.8 Å². The summed E-state index contributed by atoms with van der Waals surface area (Å²) in [4.78, 5) is 11.8. The Kier molecular flexibility index (Phi) is 4.66. The minimum Gasteiger partial charge on any atom is -0.289 e. The topological polar surface area (TPSA) is 86.7 Å². The molecule has 2 aromatic carbocycles. The number of hydrogen-bond donors (Lipinski definition) is 2. The van der Waals surface area contributed by atoms with Crippen molar-refractivity contribution in [3.05, 3.63) is 54.6 Å². The SMILES string of the molecule is O=C(NO)[C@@H]1CCCN1S(=O)(=O)c1ccc(-c2ccccc2)cc1. The van der Waals surface area contributed by atoms with Crippen LogP contribution in [0.3, 0.4) is 0 Å². The van der Waals surface area contributed by atoms with E-state index in [1.54, 1.807) is 29.7 Å². The van der Waals surface area contributed by atoms with Crippen LogP contribution in [0.25, 0.3) is 11.1 Å². The van der Waals surface area contributed by atoms with E-state index < -0.39 is 22.0 Å². The summed E-state index contributed by atoms with van der Waals surface area (Å²) in [6.45, 7) is 0.265. The third-order valence-corrected chi connectivity index (χ3v) is 6.11. The highest BCUT2D eigenvalue weighted by Gasteiger charge is 2.39. The fourth-order valence-electron chi connectivity index (χ4n) is 2.95. The molecule has 0 aliphatic carbocycles. The average Bonchev–Trinajstić information content (AvgIpc) is 3.12. The number of carbonyl (C=O) groups excluding carboxylic acids is 1. The first kappa shape index (κ1) is 16.6. The summed E-state index contributed by atoms with van der Waals surface area (Å²) in [5.41, 5.74) is 3.46. The number of amides is 1. The van der Waals surface area contributed by atoms with Crippen LogP contribution in [-0.4, -0.2) is 36.4 Å². The zero-order valence-electron chi connectivity index (χ0n) is 12.9. The van der Waals surface area contributed by atoms with E-state index in [4.69, 9.17) is 5.21 Å². The van der Waals surface area contributed by atoms with Crippen molar-refractivity contribution in [1.29, 1.82) is 0 Å². The molecule has 0 saturated carbocycles. The summed E-state index contributed by atoms with van der Waals surface area (Å²) >= 11 is 0. The van der Waals surface area contributed by atoms with Crippen LogP contribution in [0, 0.1) is 0 Å². The maximum atomic E-state index is 12.8. The van der Waals surface area contributed by atoms with Gasteiger partial charge in [-0.1, -0.05) is 42.5 Å². The summed E-state index contributed by atoms with van der Waals surface area (Å²) in [6.07, 6.45) is 0.979. The van der Waals surface area contributed by atoms with E-state index in [-0.39, 0.29) is 11.4 Å². The molecule has 0 unspecified atom stereocenters. The van der Waals surface area contributed by atoms with Crippen molar-refractivity contribution in [1.82, 2.24) is 9.79 Å². The molecule has 24 heavy (non-hydrogen) atoms. The molecule has 1 atom stereocenters. The Bertz CT molecular complexity index is 819. The molecular formula is C17H18N2O4S. The minimum absolute atomic E-state index is 0.139. The number of rotatable bonds is 4. The second-order valence-electron chi connectivity index (χ2n) is 5.64. The lowest BCUT2D eigenvalue weighted by atomic mass is 10.1. The van der Waals surface area contributed by atoms with Crippen molar-refractivity contribution in [3.63, 3.8) is 0 Å². The zero-order chi connectivity index (χ0) is 17.2. The molecule has 1 amide bonds. The summed E-state index contributed by atoms with van der Waals surface area (Å²) in [7, 11) is -3.78. The molecule has 1 heterocycles. The summed E-state index contributed by atoms with van der Waals surface area (Å²) in [5, 5.41) is 8.79. The van der Waals surface area contributed by atoms with E-state index in [1.165, 1.54) is 0 Å². The van der Waals surface area contributed by atoms with Crippen molar-refractivity contribution in [2.75, 3.05) is 6.54 Å². The van der Waals surface area contributed by atoms with Gasteiger partial charge in [0.15, 0.2) is 0 Å². The Labute approximate surface area is 140 Å². The number of benzene rings is 2. The van der Waals surface area contributed by atoms with E-state index in [9.17, 15) is 13.2 Å². The van der Waals surface area contributed by atoms with Gasteiger partial charge in [-0.3, -0.25) is 10.0 Å². The number of carbonyl (C=O) groups is 1. The Balaban J connectivity index is 1.89. The highest BCUT2D eigenvalue weighted by molar-refractivity contribution is 7.89. The van der Waals surface area contributed by atoms with Gasteiger partial charge in [0.05, 0.1) is 4.90 Å². The molecule has 0 radical (unpaired) electrons. The molecule has 1 saturated heterocycles. The van der Waals surface area contributed by atoms with Crippen LogP contribution >= 0.6 is 0 Å². The van der Waals surface area contributed by atoms with Gasteiger partial charge in [-0.2, -0.15) is 4.31 Å². The van der Waals surface area contributed by atoms with Crippen molar-refractivity contribution in [3.8, 4) is 11.1 Å². The third kappa shape index (κ3) is 3.06. The highest BCUT2D eigenvalue weighted by Crippen LogP contribution is 2.28. The third-order valence-electron chi connectivity index (χ3n) is 4.18. The van der Waals surface area contributed by atoms with Crippen LogP contribution < -0.4 is 5.48 Å². The lowest BCUT2D eigenvalue weighted by Gasteiger charge is -2.22. The van der Waals surface area contributed by atoms with Crippen LogP contribution in [-0.2, 0) is 14.8 Å². The fraction of sp³-hybridized carbons (Fsp3) is 0.235. The van der Waals surface area contributed by atoms with Gasteiger partial charge < -0.3 is 0 Å². The van der Waals surface area contributed by atoms with E-state index in [2.05, 4.69) is 0 Å². The summed E-state index contributed by atoms with van der Waals surface area (Å²) < 4.78 is 26.7. The van der Waals surface area contributed by atoms with Crippen LogP contribution in [0.1, 0.15) is 12.8 Å². The molecule has 1 aliphatic heterocycles. The lowest BCUT2D eigenvalue weighted by Crippen LogP contribution is -2.44. The molecular weight excluding hydrogens is 328 g/mol. The molecule has 1 fully saturated rings. The second kappa shape index (κ2) is 6.72. The smallest absolute Gasteiger partial charge is 0.261 e. The van der Waals surface area contributed by atoms with E-state index in [0.29, 0.717) is 12.8 Å². The molecule has 7 heteroatoms. The first-order chi connectivity index (χ1) is 11.5. The first-order valence-electron chi connectivity index (χ1n) is 7.65. The number of hydrogen-bond acceptors (Lipinski definition) is 4. The standard InChI is InChI=1S/C17H18N2O4S/c20-17(18-21)16-7-4-12-19(16)24(22,23)15-10-8-14(9-11-15)13-5-2-1-3-6-13/h1-3,5-6,8-11,16,21H,4,7,12H2,(H,18,20)/t16-/m0/s1. The van der Waals surface area contributed by atoms with Crippen LogP contribution in [0.2, 0.25) is 0 Å². The molecule has 6 nitrogen and oxygen atoms in total. The summed E-state index contributed by atoms with van der Waals surface area (Å²) in [5.74, 6) is -0.697. The average molecular weight is 346 g/mol. The normalized spacial score (nSPS) is 18.5. The largest absolute Gasteiger partial charge is 0.289 e. The Morgan fingerprint density at radius 2 is 1.67 bits per heavy atom. The second-order valence-corrected chi connectivity index (χ2v) is 7.53. The Morgan fingerprint density at radius 3 is 2.29 bits per heavy atom. The summed E-state index contributed by atoms with van der Waals surface area (Å²) in [6, 6.07) is 15.4. The number of hydroxylamine groups is 1. The first-order valence-corrected chi connectivity index (χ1v) is 9.09. The lowest BCUT2D eigenvalue weighted by molar-refractivity contribution is -0.132. The highest BCUT2D eigenvalue weighted by atomic mass is 32.2. The van der Waals surface area contributed by atoms with Crippen LogP contribution in [0.15, 0.2) is 59.5 Å². The van der Waals surface area contributed by atoms with Gasteiger partial charge in [0, 0.05) is 6.54 Å². The van der Waals surface area contributed by atoms with Gasteiger partial charge in [0.25, 0.3) is 5.91 Å². The number of nitrogens with one attached hydrogen (secondary N) is 1. The minimum atomic E-state index is -3.78. The van der Waals surface area contributed by atoms with E-state index >= 15 is 0 Å². The molecule has 126 valence electrons. The van der Waals surface area contributed by atoms with Gasteiger partial charge in [0.1, 0.15) is 6.04 Å². The van der Waals surface area contributed by atoms with Gasteiger partial charge in [-0.25, -0.2) is 13.9 Å². The molecule has 0 bridgehead atoms. The predicted molar refractivity (Wildman–Crippen MR) is 88.7 cm³/mol. The maximum absolute atomic E-state index is 12.8. The quantitative estimate of drug-likeness (QED) is 0.655. The Hall–Kier alpha value is -2.22. The molecule has 2 aromatic rings. The van der Waals surface area contributed by atoms with Crippen LogP contribution in [0.5, 0.6) is 0 Å². The number of sulfonamides is 1. The van der Waals surface area contributed by atoms with Gasteiger partial charge >= 0.3 is 0 Å². The maximum Gasteiger partial charge on any atom is 0.261 e. The van der Waals surface area contributed by atoms with Crippen molar-refractivity contribution in [2.24, 2.45) is 0 Å². The van der Waals surface area contributed by atoms with Gasteiger partial charge in [-0.15, -0.1) is 0 Å². The molecule has 1 aliphatic rings. The van der Waals surface area contributed by atoms with E-state index in [0.717, 1.165) is 15.4 Å². The molecule has 2 N–H and O–H groups in total. The molecule has 3 rings (SSSR count). The van der Waals surface area contributed by atoms with Crippen molar-refractivity contribution >= 4 is 15.9 Å². The van der Waals surface area contributed by atoms with Crippen molar-refractivity contribution < 1.29 is 18.4 Å².